The molecule has 1 aromatic heterocycles. The van der Waals surface area contributed by atoms with E-state index in [2.05, 4.69) is 11.6 Å². The molecule has 0 radical (unpaired) electrons. The van der Waals surface area contributed by atoms with E-state index in [1.54, 1.807) is 24.3 Å². The van der Waals surface area contributed by atoms with Crippen molar-refractivity contribution in [2.24, 2.45) is 4.99 Å². The van der Waals surface area contributed by atoms with Crippen LogP contribution >= 0.6 is 11.3 Å². The van der Waals surface area contributed by atoms with Crippen LogP contribution in [-0.4, -0.2) is 23.6 Å². The molecular weight excluding hydrogens is 348 g/mol. The van der Waals surface area contributed by atoms with E-state index in [1.807, 2.05) is 35.8 Å². The van der Waals surface area contributed by atoms with E-state index >= 15 is 0 Å². The normalized spacial score (nSPS) is 11.5. The Morgan fingerprint density at radius 3 is 2.73 bits per heavy atom. The number of esters is 1. The van der Waals surface area contributed by atoms with Crippen LogP contribution < -0.4 is 4.80 Å². The number of methoxy groups -OCH3 is 1. The van der Waals surface area contributed by atoms with Crippen LogP contribution in [0.3, 0.4) is 0 Å². The number of thiazole rings is 1. The van der Waals surface area contributed by atoms with Gasteiger partial charge in [0.1, 0.15) is 0 Å². The molecule has 0 fully saturated rings. The molecule has 5 nitrogen and oxygen atoms in total. The zero-order chi connectivity index (χ0) is 18.7. The fourth-order valence-corrected chi connectivity index (χ4v) is 3.75. The monoisotopic (exact) mass is 366 g/mol. The third-order valence-electron chi connectivity index (χ3n) is 3.99. The van der Waals surface area contributed by atoms with Crippen LogP contribution in [-0.2, 0) is 11.3 Å². The number of allylic oxidation sites excluding steroid dienone is 1. The van der Waals surface area contributed by atoms with Crippen molar-refractivity contribution in [3.05, 3.63) is 76.6 Å². The highest BCUT2D eigenvalue weighted by Crippen LogP contribution is 2.20. The number of fused-ring (bicyclic) bond motifs is 1. The zero-order valence-corrected chi connectivity index (χ0v) is 15.4. The topological polar surface area (TPSA) is 60.7 Å². The van der Waals surface area contributed by atoms with Crippen molar-refractivity contribution in [3.8, 4) is 0 Å². The molecule has 0 aliphatic carbocycles. The zero-order valence-electron chi connectivity index (χ0n) is 14.6. The molecule has 2 aromatic carbocycles. The van der Waals surface area contributed by atoms with Crippen LogP contribution in [0.1, 0.15) is 26.3 Å². The molecule has 0 atom stereocenters. The average molecular weight is 366 g/mol. The molecule has 0 aliphatic rings. The van der Waals surface area contributed by atoms with E-state index in [-0.39, 0.29) is 5.91 Å². The summed E-state index contributed by atoms with van der Waals surface area (Å²) in [5.41, 5.74) is 2.80. The van der Waals surface area contributed by atoms with Gasteiger partial charge in [-0.1, -0.05) is 35.6 Å². The molecule has 3 aromatic rings. The summed E-state index contributed by atoms with van der Waals surface area (Å²) < 4.78 is 7.53. The smallest absolute Gasteiger partial charge is 0.337 e. The molecule has 1 heterocycles. The van der Waals surface area contributed by atoms with E-state index in [0.29, 0.717) is 22.5 Å². The van der Waals surface area contributed by atoms with Gasteiger partial charge in [0.25, 0.3) is 5.91 Å². The molecule has 26 heavy (non-hydrogen) atoms. The maximum atomic E-state index is 12.6. The second kappa shape index (κ2) is 7.49. The lowest BCUT2D eigenvalue weighted by Crippen LogP contribution is -2.16. The lowest BCUT2D eigenvalue weighted by atomic mass is 10.1. The number of rotatable bonds is 4. The van der Waals surface area contributed by atoms with Crippen molar-refractivity contribution >= 4 is 33.4 Å². The second-order valence-corrected chi connectivity index (χ2v) is 6.70. The van der Waals surface area contributed by atoms with Crippen LogP contribution in [0, 0.1) is 6.92 Å². The molecule has 0 saturated heterocycles. The van der Waals surface area contributed by atoms with Crippen LogP contribution in [0.5, 0.6) is 0 Å². The van der Waals surface area contributed by atoms with E-state index < -0.39 is 5.97 Å². The minimum absolute atomic E-state index is 0.291. The van der Waals surface area contributed by atoms with Crippen LogP contribution in [0.25, 0.3) is 10.2 Å². The van der Waals surface area contributed by atoms with Gasteiger partial charge in [-0.2, -0.15) is 4.99 Å². The SMILES string of the molecule is C=CCn1c(=NC(=O)c2ccccc2C)sc2cc(C(=O)OC)ccc21. The van der Waals surface area contributed by atoms with Gasteiger partial charge in [0.15, 0.2) is 4.80 Å². The summed E-state index contributed by atoms with van der Waals surface area (Å²) in [6.07, 6.45) is 1.75. The minimum Gasteiger partial charge on any atom is -0.465 e. The molecule has 0 bridgehead atoms. The Balaban J connectivity index is 2.16. The lowest BCUT2D eigenvalue weighted by Gasteiger charge is -2.03. The van der Waals surface area contributed by atoms with Gasteiger partial charge in [-0.15, -0.1) is 6.58 Å². The highest BCUT2D eigenvalue weighted by atomic mass is 32.1. The summed E-state index contributed by atoms with van der Waals surface area (Å²) >= 11 is 1.35. The highest BCUT2D eigenvalue weighted by Gasteiger charge is 2.12. The average Bonchev–Trinajstić information content (AvgIpc) is 2.98. The molecule has 3 rings (SSSR count). The van der Waals surface area contributed by atoms with Gasteiger partial charge in [-0.3, -0.25) is 4.79 Å². The molecule has 0 spiro atoms. The number of aromatic nitrogens is 1. The number of hydrogen-bond donors (Lipinski definition) is 0. The van der Waals surface area contributed by atoms with Crippen molar-refractivity contribution in [3.63, 3.8) is 0 Å². The van der Waals surface area contributed by atoms with Gasteiger partial charge < -0.3 is 9.30 Å². The first-order valence-corrected chi connectivity index (χ1v) is 8.84. The van der Waals surface area contributed by atoms with Crippen LogP contribution in [0.4, 0.5) is 0 Å². The summed E-state index contributed by atoms with van der Waals surface area (Å²) in [5, 5.41) is 0. The summed E-state index contributed by atoms with van der Waals surface area (Å²) in [4.78, 5) is 29.3. The van der Waals surface area contributed by atoms with Gasteiger partial charge >= 0.3 is 5.97 Å². The Morgan fingerprint density at radius 1 is 1.27 bits per heavy atom. The highest BCUT2D eigenvalue weighted by molar-refractivity contribution is 7.16. The van der Waals surface area contributed by atoms with Crippen LogP contribution in [0.2, 0.25) is 0 Å². The number of carbonyl (C=O) groups is 2. The van der Waals surface area contributed by atoms with Crippen molar-refractivity contribution in [2.45, 2.75) is 13.5 Å². The minimum atomic E-state index is -0.398. The lowest BCUT2D eigenvalue weighted by molar-refractivity contribution is 0.0601. The third kappa shape index (κ3) is 3.36. The predicted molar refractivity (Wildman–Crippen MR) is 102 cm³/mol. The van der Waals surface area contributed by atoms with Gasteiger partial charge in [-0.25, -0.2) is 4.79 Å². The number of hydrogen-bond acceptors (Lipinski definition) is 4. The molecule has 6 heteroatoms. The Bertz CT molecular complexity index is 1080. The number of ether oxygens (including phenoxy) is 1. The Kier molecular flexibility index (Phi) is 5.14. The Labute approximate surface area is 154 Å². The Hall–Kier alpha value is -2.99. The second-order valence-electron chi connectivity index (χ2n) is 5.69. The fourth-order valence-electron chi connectivity index (χ4n) is 2.67. The number of nitrogens with zero attached hydrogens (tertiary/aromatic N) is 2. The van der Waals surface area contributed by atoms with Gasteiger partial charge in [-0.05, 0) is 36.8 Å². The molecule has 0 N–H and O–H groups in total. The van der Waals surface area contributed by atoms with E-state index in [1.165, 1.54) is 18.4 Å². The number of benzene rings is 2. The quantitative estimate of drug-likeness (QED) is 0.522. The summed E-state index contributed by atoms with van der Waals surface area (Å²) in [7, 11) is 1.35. The van der Waals surface area contributed by atoms with Crippen molar-refractivity contribution in [2.75, 3.05) is 7.11 Å². The largest absolute Gasteiger partial charge is 0.465 e. The molecule has 0 unspecified atom stereocenters. The molecule has 0 saturated carbocycles. The maximum absolute atomic E-state index is 12.6. The predicted octanol–water partition coefficient (Wildman–Crippen LogP) is 3.72. The first-order valence-electron chi connectivity index (χ1n) is 8.02. The van der Waals surface area contributed by atoms with Gasteiger partial charge in [0, 0.05) is 12.1 Å². The van der Waals surface area contributed by atoms with Crippen LogP contribution in [0.15, 0.2) is 60.1 Å². The van der Waals surface area contributed by atoms with Crippen molar-refractivity contribution < 1.29 is 14.3 Å². The number of aryl methyl sites for hydroxylation is 1. The van der Waals surface area contributed by atoms with E-state index in [4.69, 9.17) is 4.74 Å². The first-order chi connectivity index (χ1) is 12.5. The maximum Gasteiger partial charge on any atom is 0.337 e. The third-order valence-corrected chi connectivity index (χ3v) is 5.03. The summed E-state index contributed by atoms with van der Waals surface area (Å²) in [6, 6.07) is 12.6. The summed E-state index contributed by atoms with van der Waals surface area (Å²) in [5.74, 6) is -0.689. The van der Waals surface area contributed by atoms with Gasteiger partial charge in [0.2, 0.25) is 0 Å². The first kappa shape index (κ1) is 17.8. The molecular formula is C20H18N2O3S. The number of carbonyl (C=O) groups excluding carboxylic acids is 2. The molecule has 132 valence electrons. The van der Waals surface area contributed by atoms with Gasteiger partial charge in [0.05, 0.1) is 22.9 Å². The van der Waals surface area contributed by atoms with Crippen molar-refractivity contribution in [1.29, 1.82) is 0 Å². The molecule has 0 aliphatic heterocycles. The fraction of sp³-hybridized carbons (Fsp3) is 0.150. The Morgan fingerprint density at radius 2 is 2.04 bits per heavy atom. The number of amides is 1. The molecule has 1 amide bonds. The standard InChI is InChI=1S/C20H18N2O3S/c1-4-11-22-16-10-9-14(19(24)25-3)12-17(16)26-20(22)21-18(23)15-8-6-5-7-13(15)2/h4-10,12H,1,11H2,2-3H3. The van der Waals surface area contributed by atoms with Crippen molar-refractivity contribution in [1.82, 2.24) is 4.57 Å². The van der Waals surface area contributed by atoms with E-state index in [9.17, 15) is 9.59 Å². The summed E-state index contributed by atoms with van der Waals surface area (Å²) in [6.45, 7) is 6.17. The van der Waals surface area contributed by atoms with E-state index in [0.717, 1.165) is 15.8 Å².